The molecule has 128 valence electrons. The zero-order chi connectivity index (χ0) is 17.8. The molecule has 0 spiro atoms. The third kappa shape index (κ3) is 4.36. The lowest BCUT2D eigenvalue weighted by Crippen LogP contribution is -2.03. The van der Waals surface area contributed by atoms with Crippen molar-refractivity contribution >= 4 is 34.7 Å². The zero-order valence-electron chi connectivity index (χ0n) is 13.7. The van der Waals surface area contributed by atoms with Crippen LogP contribution in [0.15, 0.2) is 48.5 Å². The summed E-state index contributed by atoms with van der Waals surface area (Å²) in [5, 5.41) is 6.72. The fraction of sp³-hybridized carbons (Fsp3) is 0.111. The molecule has 0 aliphatic heterocycles. The summed E-state index contributed by atoms with van der Waals surface area (Å²) in [6.07, 6.45) is 0. The van der Waals surface area contributed by atoms with E-state index in [1.165, 1.54) is 12.1 Å². The average Bonchev–Trinajstić information content (AvgIpc) is 2.54. The van der Waals surface area contributed by atoms with Crippen LogP contribution in [0.3, 0.4) is 0 Å². The van der Waals surface area contributed by atoms with E-state index in [-0.39, 0.29) is 5.82 Å². The van der Waals surface area contributed by atoms with Gasteiger partial charge in [-0.2, -0.15) is 4.98 Å². The molecule has 1 aromatic heterocycles. The first-order valence-corrected chi connectivity index (χ1v) is 7.90. The van der Waals surface area contributed by atoms with E-state index in [4.69, 9.17) is 16.3 Å². The molecule has 7 heteroatoms. The molecule has 0 unspecified atom stereocenters. The molecule has 0 aliphatic rings. The van der Waals surface area contributed by atoms with E-state index in [0.717, 1.165) is 5.69 Å². The minimum absolute atomic E-state index is 0.321. The molecule has 0 aliphatic carbocycles. The number of nitrogens with zero attached hydrogens (tertiary/aromatic N) is 2. The van der Waals surface area contributed by atoms with Gasteiger partial charge in [-0.3, -0.25) is 0 Å². The lowest BCUT2D eigenvalue weighted by Gasteiger charge is -2.12. The number of anilines is 4. The molecule has 3 rings (SSSR count). The molecule has 0 amide bonds. The largest absolute Gasteiger partial charge is 0.495 e. The van der Waals surface area contributed by atoms with Gasteiger partial charge in [0.1, 0.15) is 17.4 Å². The summed E-state index contributed by atoms with van der Waals surface area (Å²) >= 11 is 6.04. The fourth-order valence-electron chi connectivity index (χ4n) is 2.30. The third-order valence-corrected chi connectivity index (χ3v) is 3.59. The van der Waals surface area contributed by atoms with Gasteiger partial charge in [-0.15, -0.1) is 0 Å². The highest BCUT2D eigenvalue weighted by Crippen LogP contribution is 2.30. The van der Waals surface area contributed by atoms with Crippen molar-refractivity contribution in [2.75, 3.05) is 17.7 Å². The van der Waals surface area contributed by atoms with Gasteiger partial charge in [-0.25, -0.2) is 9.37 Å². The Morgan fingerprint density at radius 3 is 2.64 bits per heavy atom. The average molecular weight is 359 g/mol. The number of ether oxygens (including phenoxy) is 1. The standard InChI is InChI=1S/C18H16ClFN4O/c1-11-8-17(22-14-5-3-4-13(20)10-14)24-18(21-11)23-15-9-12(19)6-7-16(15)25-2/h3-10H,1-2H3,(H2,21,22,23,24). The van der Waals surface area contributed by atoms with Gasteiger partial charge in [0.2, 0.25) is 5.95 Å². The van der Waals surface area contributed by atoms with Crippen LogP contribution in [0.1, 0.15) is 5.69 Å². The minimum Gasteiger partial charge on any atom is -0.495 e. The molecule has 0 saturated carbocycles. The Bertz CT molecular complexity index is 904. The van der Waals surface area contributed by atoms with Gasteiger partial charge in [-0.1, -0.05) is 17.7 Å². The highest BCUT2D eigenvalue weighted by Gasteiger charge is 2.08. The molecule has 5 nitrogen and oxygen atoms in total. The van der Waals surface area contributed by atoms with Crippen molar-refractivity contribution in [1.29, 1.82) is 0 Å². The Hall–Kier alpha value is -2.86. The molecule has 0 fully saturated rings. The number of aryl methyl sites for hydroxylation is 1. The van der Waals surface area contributed by atoms with E-state index in [0.29, 0.717) is 33.9 Å². The normalized spacial score (nSPS) is 10.4. The van der Waals surface area contributed by atoms with Crippen molar-refractivity contribution in [2.45, 2.75) is 6.92 Å². The number of benzene rings is 2. The Morgan fingerprint density at radius 2 is 1.88 bits per heavy atom. The van der Waals surface area contributed by atoms with Crippen LogP contribution in [0.5, 0.6) is 5.75 Å². The lowest BCUT2D eigenvalue weighted by molar-refractivity contribution is 0.417. The van der Waals surface area contributed by atoms with Gasteiger partial charge in [0.15, 0.2) is 0 Å². The van der Waals surface area contributed by atoms with Crippen molar-refractivity contribution in [3.05, 3.63) is 65.1 Å². The van der Waals surface area contributed by atoms with E-state index in [9.17, 15) is 4.39 Å². The second kappa shape index (κ2) is 7.36. The number of methoxy groups -OCH3 is 1. The van der Waals surface area contributed by atoms with E-state index < -0.39 is 0 Å². The molecule has 2 N–H and O–H groups in total. The van der Waals surface area contributed by atoms with Crippen LogP contribution in [0, 0.1) is 12.7 Å². The zero-order valence-corrected chi connectivity index (χ0v) is 14.4. The molecule has 0 saturated heterocycles. The molecule has 0 atom stereocenters. The van der Waals surface area contributed by atoms with Crippen LogP contribution >= 0.6 is 11.6 Å². The van der Waals surface area contributed by atoms with E-state index in [1.54, 1.807) is 43.5 Å². The van der Waals surface area contributed by atoms with E-state index in [2.05, 4.69) is 20.6 Å². The number of halogens is 2. The molecule has 0 radical (unpaired) electrons. The predicted molar refractivity (Wildman–Crippen MR) is 97.7 cm³/mol. The van der Waals surface area contributed by atoms with E-state index >= 15 is 0 Å². The topological polar surface area (TPSA) is 59.1 Å². The molecule has 25 heavy (non-hydrogen) atoms. The molecular weight excluding hydrogens is 343 g/mol. The van der Waals surface area contributed by atoms with Crippen LogP contribution in [0.2, 0.25) is 5.02 Å². The molecular formula is C18H16ClFN4O. The summed E-state index contributed by atoms with van der Waals surface area (Å²) in [5.41, 5.74) is 2.00. The maximum absolute atomic E-state index is 13.3. The van der Waals surface area contributed by atoms with Crippen molar-refractivity contribution in [1.82, 2.24) is 9.97 Å². The van der Waals surface area contributed by atoms with Crippen molar-refractivity contribution in [3.8, 4) is 5.75 Å². The molecule has 1 heterocycles. The number of hydrogen-bond donors (Lipinski definition) is 2. The number of hydrogen-bond acceptors (Lipinski definition) is 5. The summed E-state index contributed by atoms with van der Waals surface area (Å²) in [6, 6.07) is 13.2. The van der Waals surface area contributed by atoms with Crippen LogP contribution in [0.4, 0.5) is 27.5 Å². The quantitative estimate of drug-likeness (QED) is 0.666. The van der Waals surface area contributed by atoms with Crippen LogP contribution < -0.4 is 15.4 Å². The Labute approximate surface area is 149 Å². The van der Waals surface area contributed by atoms with E-state index in [1.807, 2.05) is 6.92 Å². The number of aromatic nitrogens is 2. The smallest absolute Gasteiger partial charge is 0.229 e. The molecule has 2 aromatic carbocycles. The Kier molecular flexibility index (Phi) is 5.00. The van der Waals surface area contributed by atoms with Crippen molar-refractivity contribution < 1.29 is 9.13 Å². The van der Waals surface area contributed by atoms with Crippen LogP contribution in [0.25, 0.3) is 0 Å². The summed E-state index contributed by atoms with van der Waals surface area (Å²) < 4.78 is 18.6. The van der Waals surface area contributed by atoms with Gasteiger partial charge in [0.05, 0.1) is 12.8 Å². The number of rotatable bonds is 5. The Balaban J connectivity index is 1.88. The summed E-state index contributed by atoms with van der Waals surface area (Å²) in [7, 11) is 1.57. The molecule has 3 aromatic rings. The fourth-order valence-corrected chi connectivity index (χ4v) is 2.47. The van der Waals surface area contributed by atoms with Gasteiger partial charge >= 0.3 is 0 Å². The second-order valence-corrected chi connectivity index (χ2v) is 5.76. The lowest BCUT2D eigenvalue weighted by atomic mass is 10.3. The van der Waals surface area contributed by atoms with Crippen molar-refractivity contribution in [2.24, 2.45) is 0 Å². The summed E-state index contributed by atoms with van der Waals surface area (Å²) in [6.45, 7) is 1.85. The first kappa shape index (κ1) is 17.0. The first-order valence-electron chi connectivity index (χ1n) is 7.52. The maximum atomic E-state index is 13.3. The van der Waals surface area contributed by atoms with Gasteiger partial charge < -0.3 is 15.4 Å². The summed E-state index contributed by atoms with van der Waals surface area (Å²) in [5.74, 6) is 1.22. The van der Waals surface area contributed by atoms with Gasteiger partial charge in [-0.05, 0) is 43.3 Å². The SMILES string of the molecule is COc1ccc(Cl)cc1Nc1nc(C)cc(Nc2cccc(F)c2)n1. The van der Waals surface area contributed by atoms with Crippen molar-refractivity contribution in [3.63, 3.8) is 0 Å². The third-order valence-electron chi connectivity index (χ3n) is 3.36. The second-order valence-electron chi connectivity index (χ2n) is 5.32. The number of nitrogens with one attached hydrogen (secondary N) is 2. The molecule has 0 bridgehead atoms. The Morgan fingerprint density at radius 1 is 1.04 bits per heavy atom. The summed E-state index contributed by atoms with van der Waals surface area (Å²) in [4.78, 5) is 8.76. The maximum Gasteiger partial charge on any atom is 0.229 e. The highest BCUT2D eigenvalue weighted by atomic mass is 35.5. The first-order chi connectivity index (χ1) is 12.0. The van der Waals surface area contributed by atoms with Crippen LogP contribution in [-0.4, -0.2) is 17.1 Å². The minimum atomic E-state index is -0.321. The highest BCUT2D eigenvalue weighted by molar-refractivity contribution is 6.31. The van der Waals surface area contributed by atoms with Crippen LogP contribution in [-0.2, 0) is 0 Å². The predicted octanol–water partition coefficient (Wildman–Crippen LogP) is 5.07. The van der Waals surface area contributed by atoms with Gasteiger partial charge in [0, 0.05) is 22.5 Å². The monoisotopic (exact) mass is 358 g/mol. The van der Waals surface area contributed by atoms with Gasteiger partial charge in [0.25, 0.3) is 0 Å².